The van der Waals surface area contributed by atoms with Crippen LogP contribution in [0, 0.1) is 0 Å². The molecule has 0 unspecified atom stereocenters. The molecule has 56 heavy (non-hydrogen) atoms. The lowest BCUT2D eigenvalue weighted by Gasteiger charge is -2.09. The van der Waals surface area contributed by atoms with Crippen LogP contribution in [0.5, 0.6) is 0 Å². The van der Waals surface area contributed by atoms with E-state index in [-0.39, 0.29) is 0 Å². The van der Waals surface area contributed by atoms with Crippen molar-refractivity contribution in [1.29, 1.82) is 0 Å². The number of para-hydroxylation sites is 2. The molecule has 0 atom stereocenters. The molecule has 11 rings (SSSR count). The quantitative estimate of drug-likeness (QED) is 0.166. The molecule has 262 valence electrons. The van der Waals surface area contributed by atoms with Crippen LogP contribution in [0.3, 0.4) is 0 Å². The van der Waals surface area contributed by atoms with Gasteiger partial charge in [0.2, 0.25) is 0 Å². The number of furan rings is 1. The lowest BCUT2D eigenvalue weighted by molar-refractivity contribution is 0.670. The molecule has 0 aliphatic carbocycles. The highest BCUT2D eigenvalue weighted by atomic mass is 32.1. The van der Waals surface area contributed by atoms with Crippen molar-refractivity contribution in [2.24, 2.45) is 0 Å². The van der Waals surface area contributed by atoms with Crippen molar-refractivity contribution in [3.05, 3.63) is 206 Å². The monoisotopic (exact) mass is 730 g/mol. The predicted octanol–water partition coefficient (Wildman–Crippen LogP) is 16.0. The molecule has 0 fully saturated rings. The van der Waals surface area contributed by atoms with Crippen LogP contribution in [0.15, 0.2) is 211 Å². The maximum atomic E-state index is 6.38. The Hall–Kier alpha value is -7.00. The summed E-state index contributed by atoms with van der Waals surface area (Å²) >= 11 is 1.90. The standard InChI is InChI=1S/C54H34OS/c1-2-11-35(12-3-1)36-25-27-37(28-26-36)41-14-7-16-43(34-41)46-20-10-23-50-49-22-9-19-45(53(49)56-54(46)50)39-31-29-38(30-32-39)40-13-6-15-42(33-40)44-18-8-21-48-47-17-4-5-24-51(47)55-52(44)48/h1-34H. The van der Waals surface area contributed by atoms with Crippen LogP contribution in [0.2, 0.25) is 0 Å². The molecule has 0 radical (unpaired) electrons. The fourth-order valence-corrected chi connectivity index (χ4v) is 9.68. The van der Waals surface area contributed by atoms with E-state index in [9.17, 15) is 0 Å². The third kappa shape index (κ3) is 5.54. The number of benzene rings is 9. The predicted molar refractivity (Wildman–Crippen MR) is 239 cm³/mol. The summed E-state index contributed by atoms with van der Waals surface area (Å²) in [5.41, 5.74) is 16.4. The Bertz CT molecular complexity index is 3220. The number of fused-ring (bicyclic) bond motifs is 6. The van der Waals surface area contributed by atoms with Gasteiger partial charge in [-0.1, -0.05) is 188 Å². The van der Waals surface area contributed by atoms with Crippen LogP contribution in [-0.2, 0) is 0 Å². The van der Waals surface area contributed by atoms with Crippen LogP contribution in [0.1, 0.15) is 0 Å². The molecule has 0 amide bonds. The Morgan fingerprint density at radius 3 is 1.32 bits per heavy atom. The summed E-state index contributed by atoms with van der Waals surface area (Å²) in [6.45, 7) is 0. The highest BCUT2D eigenvalue weighted by Crippen LogP contribution is 2.45. The number of thiophene rings is 1. The molecule has 0 aliphatic rings. The van der Waals surface area contributed by atoms with E-state index in [1.165, 1.54) is 75.8 Å². The molecule has 2 heteroatoms. The minimum atomic E-state index is 0.918. The minimum Gasteiger partial charge on any atom is -0.455 e. The summed E-state index contributed by atoms with van der Waals surface area (Å²) in [4.78, 5) is 0. The zero-order chi connectivity index (χ0) is 37.0. The van der Waals surface area contributed by atoms with E-state index in [0.29, 0.717) is 0 Å². The van der Waals surface area contributed by atoms with Crippen molar-refractivity contribution in [2.75, 3.05) is 0 Å². The topological polar surface area (TPSA) is 13.1 Å². The summed E-state index contributed by atoms with van der Waals surface area (Å²) in [6.07, 6.45) is 0. The largest absolute Gasteiger partial charge is 0.455 e. The molecule has 1 nitrogen and oxygen atoms in total. The van der Waals surface area contributed by atoms with Gasteiger partial charge in [-0.25, -0.2) is 0 Å². The van der Waals surface area contributed by atoms with Gasteiger partial charge in [-0.2, -0.15) is 0 Å². The highest BCUT2D eigenvalue weighted by molar-refractivity contribution is 7.26. The van der Waals surface area contributed by atoms with Crippen molar-refractivity contribution in [3.8, 4) is 66.8 Å². The van der Waals surface area contributed by atoms with E-state index >= 15 is 0 Å². The molecule has 0 N–H and O–H groups in total. The van der Waals surface area contributed by atoms with Crippen molar-refractivity contribution >= 4 is 53.4 Å². The van der Waals surface area contributed by atoms with E-state index in [1.54, 1.807) is 0 Å². The van der Waals surface area contributed by atoms with Crippen LogP contribution >= 0.6 is 11.3 Å². The average Bonchev–Trinajstić information content (AvgIpc) is 3.86. The molecule has 0 saturated carbocycles. The summed E-state index contributed by atoms with van der Waals surface area (Å²) in [7, 11) is 0. The fourth-order valence-electron chi connectivity index (χ4n) is 8.31. The maximum Gasteiger partial charge on any atom is 0.143 e. The summed E-state index contributed by atoms with van der Waals surface area (Å²) in [6, 6.07) is 74.5. The molecule has 0 bridgehead atoms. The molecule has 0 spiro atoms. The fraction of sp³-hybridized carbons (Fsp3) is 0. The first-order valence-electron chi connectivity index (χ1n) is 19.1. The van der Waals surface area contributed by atoms with E-state index in [1.807, 2.05) is 23.5 Å². The van der Waals surface area contributed by atoms with Crippen LogP contribution < -0.4 is 0 Å². The van der Waals surface area contributed by atoms with Gasteiger partial charge in [0.05, 0.1) is 0 Å². The van der Waals surface area contributed by atoms with Crippen molar-refractivity contribution < 1.29 is 4.42 Å². The first-order valence-corrected chi connectivity index (χ1v) is 19.9. The Balaban J connectivity index is 0.925. The maximum absolute atomic E-state index is 6.38. The SMILES string of the molecule is c1ccc(-c2ccc(-c3cccc(-c4cccc5c4sc4c(-c6ccc(-c7cccc(-c8cccc9c8oc8ccccc89)c7)cc6)cccc45)c3)cc2)cc1. The summed E-state index contributed by atoms with van der Waals surface area (Å²) < 4.78 is 9.01. The Morgan fingerprint density at radius 1 is 0.268 bits per heavy atom. The lowest BCUT2D eigenvalue weighted by atomic mass is 9.95. The van der Waals surface area contributed by atoms with Crippen LogP contribution in [0.4, 0.5) is 0 Å². The molecule has 0 aliphatic heterocycles. The number of hydrogen-bond acceptors (Lipinski definition) is 2. The third-order valence-electron chi connectivity index (χ3n) is 11.1. The van der Waals surface area contributed by atoms with Gasteiger partial charge < -0.3 is 4.42 Å². The van der Waals surface area contributed by atoms with E-state index in [2.05, 4.69) is 194 Å². The number of hydrogen-bond donors (Lipinski definition) is 0. The molecule has 11 aromatic rings. The first-order chi connectivity index (χ1) is 27.7. The molecule has 2 heterocycles. The van der Waals surface area contributed by atoms with Gasteiger partial charge in [0, 0.05) is 36.5 Å². The van der Waals surface area contributed by atoms with Gasteiger partial charge in [-0.15, -0.1) is 11.3 Å². The highest BCUT2D eigenvalue weighted by Gasteiger charge is 2.16. The van der Waals surface area contributed by atoms with Crippen LogP contribution in [0.25, 0.3) is 109 Å². The van der Waals surface area contributed by atoms with Gasteiger partial charge in [0.1, 0.15) is 11.2 Å². The van der Waals surface area contributed by atoms with Gasteiger partial charge >= 0.3 is 0 Å². The minimum absolute atomic E-state index is 0.918. The summed E-state index contributed by atoms with van der Waals surface area (Å²) in [5.74, 6) is 0. The van der Waals surface area contributed by atoms with Gasteiger partial charge in [0.15, 0.2) is 0 Å². The van der Waals surface area contributed by atoms with Gasteiger partial charge in [0.25, 0.3) is 0 Å². The zero-order valence-corrected chi connectivity index (χ0v) is 31.3. The Morgan fingerprint density at radius 2 is 0.679 bits per heavy atom. The third-order valence-corrected chi connectivity index (χ3v) is 12.4. The molecule has 0 saturated heterocycles. The second kappa shape index (κ2) is 13.4. The van der Waals surface area contributed by atoms with Crippen molar-refractivity contribution in [3.63, 3.8) is 0 Å². The molecule has 9 aromatic carbocycles. The van der Waals surface area contributed by atoms with E-state index < -0.39 is 0 Å². The van der Waals surface area contributed by atoms with Gasteiger partial charge in [-0.3, -0.25) is 0 Å². The second-order valence-corrected chi connectivity index (χ2v) is 15.5. The van der Waals surface area contributed by atoms with Crippen molar-refractivity contribution in [1.82, 2.24) is 0 Å². The van der Waals surface area contributed by atoms with Gasteiger partial charge in [-0.05, 0) is 79.4 Å². The lowest BCUT2D eigenvalue weighted by Crippen LogP contribution is -1.83. The van der Waals surface area contributed by atoms with E-state index in [0.717, 1.165) is 33.1 Å². The molecular formula is C54H34OS. The second-order valence-electron chi connectivity index (χ2n) is 14.4. The zero-order valence-electron chi connectivity index (χ0n) is 30.4. The molecular weight excluding hydrogens is 697 g/mol. The summed E-state index contributed by atoms with van der Waals surface area (Å²) in [5, 5.41) is 4.90. The Labute approximate surface area is 329 Å². The van der Waals surface area contributed by atoms with Crippen molar-refractivity contribution in [2.45, 2.75) is 0 Å². The Kier molecular flexibility index (Phi) is 7.75. The molecule has 2 aromatic heterocycles. The van der Waals surface area contributed by atoms with E-state index in [4.69, 9.17) is 4.42 Å². The normalized spacial score (nSPS) is 11.6. The first kappa shape index (κ1) is 32.4. The number of rotatable bonds is 6. The smallest absolute Gasteiger partial charge is 0.143 e. The van der Waals surface area contributed by atoms with Crippen LogP contribution in [-0.4, -0.2) is 0 Å². The average molecular weight is 731 g/mol.